The Morgan fingerprint density at radius 2 is 1.90 bits per heavy atom. The van der Waals surface area contributed by atoms with E-state index in [1.54, 1.807) is 0 Å². The topological polar surface area (TPSA) is 14.1 Å². The van der Waals surface area contributed by atoms with Gasteiger partial charge in [0.1, 0.15) is 0 Å². The minimum atomic E-state index is 0.137. The number of nitrogens with zero attached hydrogens (tertiary/aromatic N) is 1. The molecule has 0 spiro atoms. The highest BCUT2D eigenvalue weighted by Crippen LogP contribution is 2.38. The predicted octanol–water partition coefficient (Wildman–Crippen LogP) is 4.22. The van der Waals surface area contributed by atoms with Gasteiger partial charge in [-0.2, -0.15) is 0 Å². The molecule has 1 aromatic carbocycles. The Morgan fingerprint density at radius 3 is 2.45 bits per heavy atom. The van der Waals surface area contributed by atoms with Crippen LogP contribution in [0.5, 0.6) is 0 Å². The van der Waals surface area contributed by atoms with Gasteiger partial charge in [0, 0.05) is 17.9 Å². The molecule has 0 aliphatic heterocycles. The second kappa shape index (κ2) is 5.64. The monoisotopic (exact) mass is 266 g/mol. The van der Waals surface area contributed by atoms with E-state index >= 15 is 0 Å². The maximum atomic E-state index is 4.13. The summed E-state index contributed by atoms with van der Waals surface area (Å²) in [4.78, 5) is 0. The van der Waals surface area contributed by atoms with Crippen LogP contribution in [-0.2, 0) is 6.42 Å². The second-order valence-electron chi connectivity index (χ2n) is 6.10. The van der Waals surface area contributed by atoms with Gasteiger partial charge >= 0.3 is 5.71 Å². The van der Waals surface area contributed by atoms with E-state index in [4.69, 9.17) is 0 Å². The molecule has 1 nitrogen and oxygen atoms in total. The van der Waals surface area contributed by atoms with Crippen LogP contribution in [0, 0.1) is 5.41 Å². The molecule has 0 radical (unpaired) electrons. The van der Waals surface area contributed by atoms with Crippen molar-refractivity contribution >= 4 is 18.0 Å². The Balaban J connectivity index is 2.41. The van der Waals surface area contributed by atoms with Crippen molar-refractivity contribution in [3.8, 4) is 0 Å². The Kier molecular flexibility index (Phi) is 4.11. The van der Waals surface area contributed by atoms with Gasteiger partial charge in [0.2, 0.25) is 0 Å². The van der Waals surface area contributed by atoms with Crippen molar-refractivity contribution in [3.05, 3.63) is 53.1 Å². The van der Waals surface area contributed by atoms with E-state index in [2.05, 4.69) is 68.6 Å². The molecule has 0 fully saturated rings. The van der Waals surface area contributed by atoms with E-state index in [1.165, 1.54) is 22.3 Å². The molecule has 1 heteroatoms. The molecule has 1 aliphatic rings. The van der Waals surface area contributed by atoms with Crippen molar-refractivity contribution in [2.75, 3.05) is 0 Å². The van der Waals surface area contributed by atoms with Gasteiger partial charge in [-0.1, -0.05) is 51.1 Å². The highest BCUT2D eigenvalue weighted by atomic mass is 14.6. The molecule has 104 valence electrons. The SMILES string of the molecule is C=[N+]=C(C)C1=CC(c2ccc(CC)cc2)=CCC1(C)C. The van der Waals surface area contributed by atoms with Crippen LogP contribution < -0.4 is 4.67 Å². The first-order chi connectivity index (χ1) is 9.47. The molecule has 1 aromatic rings. The van der Waals surface area contributed by atoms with E-state index in [0.29, 0.717) is 0 Å². The van der Waals surface area contributed by atoms with E-state index in [1.807, 2.05) is 6.92 Å². The maximum Gasteiger partial charge on any atom is 0.303 e. The van der Waals surface area contributed by atoms with Crippen LogP contribution in [0.15, 0.2) is 42.0 Å². The zero-order chi connectivity index (χ0) is 14.8. The zero-order valence-electron chi connectivity index (χ0n) is 13.0. The van der Waals surface area contributed by atoms with Crippen LogP contribution in [-0.4, -0.2) is 12.4 Å². The molecular weight excluding hydrogens is 242 g/mol. The third-order valence-corrected chi connectivity index (χ3v) is 4.18. The molecule has 0 atom stereocenters. The van der Waals surface area contributed by atoms with Crippen LogP contribution >= 0.6 is 0 Å². The van der Waals surface area contributed by atoms with Crippen LogP contribution in [0.3, 0.4) is 0 Å². The molecule has 20 heavy (non-hydrogen) atoms. The standard InChI is InChI=1S/C19H24N/c1-6-15-7-9-16(10-8-15)17-11-12-19(3,4)18(13-17)14(2)20-5/h7-11,13H,5-6,12H2,1-4H3/q+1. The van der Waals surface area contributed by atoms with Gasteiger partial charge < -0.3 is 0 Å². The molecule has 1 aliphatic carbocycles. The van der Waals surface area contributed by atoms with Gasteiger partial charge in [-0.15, -0.1) is 4.67 Å². The average Bonchev–Trinajstić information content (AvgIpc) is 2.46. The molecule has 0 bridgehead atoms. The van der Waals surface area contributed by atoms with Crippen molar-refractivity contribution in [1.29, 1.82) is 0 Å². The summed E-state index contributed by atoms with van der Waals surface area (Å²) in [6.45, 7) is 12.4. The van der Waals surface area contributed by atoms with Crippen LogP contribution in [0.1, 0.15) is 45.2 Å². The van der Waals surface area contributed by atoms with E-state index in [-0.39, 0.29) is 5.41 Å². The highest BCUT2D eigenvalue weighted by molar-refractivity contribution is 6.02. The number of rotatable bonds is 3. The maximum absolute atomic E-state index is 4.13. The quantitative estimate of drug-likeness (QED) is 0.574. The normalized spacial score (nSPS) is 17.0. The van der Waals surface area contributed by atoms with Crippen molar-refractivity contribution in [2.45, 2.75) is 40.5 Å². The van der Waals surface area contributed by atoms with Gasteiger partial charge in [0.15, 0.2) is 0 Å². The number of benzene rings is 1. The van der Waals surface area contributed by atoms with Crippen molar-refractivity contribution in [2.24, 2.45) is 5.41 Å². The summed E-state index contributed by atoms with van der Waals surface area (Å²) < 4.78 is 4.13. The minimum Gasteiger partial charge on any atom is -0.106 e. The Hall–Kier alpha value is -1.85. The molecule has 0 amide bonds. The number of aryl methyl sites for hydroxylation is 1. The van der Waals surface area contributed by atoms with E-state index in [0.717, 1.165) is 18.6 Å². The molecule has 0 saturated heterocycles. The summed E-state index contributed by atoms with van der Waals surface area (Å²) in [5.74, 6) is 0. The van der Waals surface area contributed by atoms with E-state index < -0.39 is 0 Å². The number of hydrogen-bond acceptors (Lipinski definition) is 0. The molecule has 0 aromatic heterocycles. The first-order valence-electron chi connectivity index (χ1n) is 7.30. The lowest BCUT2D eigenvalue weighted by molar-refractivity contribution is 0.467. The summed E-state index contributed by atoms with van der Waals surface area (Å²) in [5.41, 5.74) is 6.43. The summed E-state index contributed by atoms with van der Waals surface area (Å²) in [5, 5.41) is 0. The minimum absolute atomic E-state index is 0.137. The second-order valence-corrected chi connectivity index (χ2v) is 6.10. The average molecular weight is 266 g/mol. The largest absolute Gasteiger partial charge is 0.303 e. The highest BCUT2D eigenvalue weighted by Gasteiger charge is 2.31. The van der Waals surface area contributed by atoms with Crippen molar-refractivity contribution in [3.63, 3.8) is 0 Å². The fourth-order valence-electron chi connectivity index (χ4n) is 2.70. The molecule has 2 rings (SSSR count). The first kappa shape index (κ1) is 14.6. The van der Waals surface area contributed by atoms with Crippen LogP contribution in [0.4, 0.5) is 0 Å². The Bertz CT molecular complexity index is 606. The molecule has 0 unspecified atom stereocenters. The summed E-state index contributed by atoms with van der Waals surface area (Å²) in [6, 6.07) is 8.86. The number of allylic oxidation sites excluding steroid dienone is 4. The fraction of sp³-hybridized carbons (Fsp3) is 0.368. The lowest BCUT2D eigenvalue weighted by Crippen LogP contribution is -2.23. The fourth-order valence-corrected chi connectivity index (χ4v) is 2.70. The van der Waals surface area contributed by atoms with Crippen molar-refractivity contribution in [1.82, 2.24) is 4.67 Å². The van der Waals surface area contributed by atoms with Gasteiger partial charge in [-0.3, -0.25) is 0 Å². The zero-order valence-corrected chi connectivity index (χ0v) is 13.0. The lowest BCUT2D eigenvalue weighted by Gasteiger charge is -2.28. The summed E-state index contributed by atoms with van der Waals surface area (Å²) in [6.07, 6.45) is 6.73. The molecular formula is C19H24N+. The van der Waals surface area contributed by atoms with Crippen molar-refractivity contribution < 1.29 is 0 Å². The molecule has 0 heterocycles. The molecule has 0 saturated carbocycles. The molecule has 0 N–H and O–H groups in total. The Morgan fingerprint density at radius 1 is 1.25 bits per heavy atom. The first-order valence-corrected chi connectivity index (χ1v) is 7.30. The smallest absolute Gasteiger partial charge is 0.106 e. The lowest BCUT2D eigenvalue weighted by atomic mass is 9.74. The third kappa shape index (κ3) is 2.84. The van der Waals surface area contributed by atoms with E-state index in [9.17, 15) is 0 Å². The van der Waals surface area contributed by atoms with Gasteiger partial charge in [-0.25, -0.2) is 0 Å². The number of hydrogen-bond donors (Lipinski definition) is 0. The van der Waals surface area contributed by atoms with Gasteiger partial charge in [-0.05, 0) is 35.6 Å². The van der Waals surface area contributed by atoms with Gasteiger partial charge in [0.05, 0.1) is 0 Å². The summed E-state index contributed by atoms with van der Waals surface area (Å²) in [7, 11) is 0. The third-order valence-electron chi connectivity index (χ3n) is 4.18. The summed E-state index contributed by atoms with van der Waals surface area (Å²) >= 11 is 0. The predicted molar refractivity (Wildman–Crippen MR) is 90.2 cm³/mol. The Labute approximate surface area is 122 Å². The van der Waals surface area contributed by atoms with Crippen LogP contribution in [0.25, 0.3) is 5.57 Å². The van der Waals surface area contributed by atoms with Crippen LogP contribution in [0.2, 0.25) is 0 Å². The van der Waals surface area contributed by atoms with Gasteiger partial charge in [0.25, 0.3) is 6.72 Å².